The Morgan fingerprint density at radius 2 is 2.06 bits per heavy atom. The van der Waals surface area contributed by atoms with Gasteiger partial charge < -0.3 is 9.80 Å². The number of hydrogen-bond acceptors (Lipinski definition) is 2. The second-order valence-electron chi connectivity index (χ2n) is 4.25. The average molecular weight is 232 g/mol. The Bertz CT molecular complexity index is 322. The lowest BCUT2D eigenvalue weighted by molar-refractivity contribution is -0.160. The normalized spacial score (nSPS) is 30.2. The zero-order chi connectivity index (χ0) is 11.9. The van der Waals surface area contributed by atoms with Crippen LogP contribution in [0.4, 0.5) is 8.78 Å². The van der Waals surface area contributed by atoms with Gasteiger partial charge in [-0.15, -0.1) is 0 Å². The number of carbonyl (C=O) groups is 2. The molecule has 0 spiro atoms. The topological polar surface area (TPSA) is 40.6 Å². The highest BCUT2D eigenvalue weighted by molar-refractivity contribution is 5.97. The molecule has 2 aliphatic heterocycles. The molecule has 0 aromatic carbocycles. The maximum atomic E-state index is 12.3. The van der Waals surface area contributed by atoms with Gasteiger partial charge in [0, 0.05) is 6.54 Å². The van der Waals surface area contributed by atoms with Gasteiger partial charge >= 0.3 is 0 Å². The first-order valence-corrected chi connectivity index (χ1v) is 5.41. The van der Waals surface area contributed by atoms with E-state index in [0.717, 1.165) is 11.3 Å². The Morgan fingerprint density at radius 3 is 2.69 bits per heavy atom. The first-order chi connectivity index (χ1) is 7.52. The molecule has 0 radical (unpaired) electrons. The molecule has 0 aliphatic carbocycles. The van der Waals surface area contributed by atoms with E-state index >= 15 is 0 Å². The summed E-state index contributed by atoms with van der Waals surface area (Å²) in [6.45, 7) is 1.44. The van der Waals surface area contributed by atoms with Crippen molar-refractivity contribution in [2.24, 2.45) is 0 Å². The predicted molar refractivity (Wildman–Crippen MR) is 51.9 cm³/mol. The van der Waals surface area contributed by atoms with Crippen molar-refractivity contribution in [3.05, 3.63) is 0 Å². The van der Waals surface area contributed by atoms with Gasteiger partial charge in [0.15, 0.2) is 0 Å². The highest BCUT2D eigenvalue weighted by atomic mass is 19.3. The number of fused-ring (bicyclic) bond motifs is 1. The molecule has 0 aromatic heterocycles. The number of carbonyl (C=O) groups excluding carboxylic acids is 2. The van der Waals surface area contributed by atoms with Crippen LogP contribution in [0.2, 0.25) is 0 Å². The van der Waals surface area contributed by atoms with Gasteiger partial charge in [-0.05, 0) is 19.8 Å². The second-order valence-corrected chi connectivity index (χ2v) is 4.25. The minimum atomic E-state index is -2.59. The van der Waals surface area contributed by atoms with Gasteiger partial charge in [0.1, 0.15) is 12.1 Å². The Hall–Kier alpha value is -1.20. The molecule has 0 saturated carbocycles. The van der Waals surface area contributed by atoms with Crippen LogP contribution in [0.1, 0.15) is 19.8 Å². The predicted octanol–water partition coefficient (Wildman–Crippen LogP) is 0.473. The van der Waals surface area contributed by atoms with Crippen molar-refractivity contribution in [3.8, 4) is 0 Å². The highest BCUT2D eigenvalue weighted by Crippen LogP contribution is 2.27. The molecule has 16 heavy (non-hydrogen) atoms. The fourth-order valence-corrected chi connectivity index (χ4v) is 2.44. The third-order valence-electron chi connectivity index (χ3n) is 3.26. The summed E-state index contributed by atoms with van der Waals surface area (Å²) in [4.78, 5) is 26.3. The summed E-state index contributed by atoms with van der Waals surface area (Å²) in [5.41, 5.74) is 0. The second kappa shape index (κ2) is 3.99. The summed E-state index contributed by atoms with van der Waals surface area (Å²) < 4.78 is 24.6. The van der Waals surface area contributed by atoms with Crippen LogP contribution in [-0.4, -0.2) is 53.2 Å². The number of nitrogens with zero attached hydrogens (tertiary/aromatic N) is 2. The third kappa shape index (κ3) is 1.66. The van der Waals surface area contributed by atoms with E-state index in [0.29, 0.717) is 13.0 Å². The van der Waals surface area contributed by atoms with Crippen LogP contribution in [0.5, 0.6) is 0 Å². The van der Waals surface area contributed by atoms with Crippen LogP contribution in [-0.2, 0) is 9.59 Å². The van der Waals surface area contributed by atoms with Gasteiger partial charge in [-0.3, -0.25) is 9.59 Å². The number of hydrogen-bond donors (Lipinski definition) is 0. The molecule has 0 N–H and O–H groups in total. The molecule has 2 unspecified atom stereocenters. The van der Waals surface area contributed by atoms with Crippen LogP contribution < -0.4 is 0 Å². The lowest BCUT2D eigenvalue weighted by atomic mass is 10.1. The minimum Gasteiger partial charge on any atom is -0.329 e. The average Bonchev–Trinajstić information content (AvgIpc) is 2.70. The number of alkyl halides is 2. The van der Waals surface area contributed by atoms with E-state index in [1.165, 1.54) is 11.8 Å². The van der Waals surface area contributed by atoms with Crippen molar-refractivity contribution in [1.29, 1.82) is 0 Å². The first-order valence-electron chi connectivity index (χ1n) is 5.41. The number of rotatable bonds is 2. The van der Waals surface area contributed by atoms with Crippen molar-refractivity contribution in [2.45, 2.75) is 38.3 Å². The molecular formula is C10H14F2N2O2. The first kappa shape index (κ1) is 11.3. The smallest absolute Gasteiger partial charge is 0.255 e. The van der Waals surface area contributed by atoms with Crippen molar-refractivity contribution >= 4 is 11.8 Å². The molecule has 2 heterocycles. The van der Waals surface area contributed by atoms with E-state index in [9.17, 15) is 18.4 Å². The zero-order valence-electron chi connectivity index (χ0n) is 9.03. The SMILES string of the molecule is CC1C(=O)N2CCCC2C(=O)N1CC(F)F. The Labute approximate surface area is 92.2 Å². The van der Waals surface area contributed by atoms with E-state index < -0.39 is 25.1 Å². The van der Waals surface area contributed by atoms with Gasteiger partial charge in [0.05, 0.1) is 6.54 Å². The molecule has 0 aromatic rings. The maximum Gasteiger partial charge on any atom is 0.255 e. The van der Waals surface area contributed by atoms with E-state index in [-0.39, 0.29) is 11.8 Å². The number of halogens is 2. The lowest BCUT2D eigenvalue weighted by Gasteiger charge is -2.40. The fourth-order valence-electron chi connectivity index (χ4n) is 2.44. The molecule has 6 heteroatoms. The molecule has 90 valence electrons. The third-order valence-corrected chi connectivity index (χ3v) is 3.26. The minimum absolute atomic E-state index is 0.206. The van der Waals surface area contributed by atoms with E-state index in [4.69, 9.17) is 0 Å². The maximum absolute atomic E-state index is 12.3. The molecule has 4 nitrogen and oxygen atoms in total. The summed E-state index contributed by atoms with van der Waals surface area (Å²) >= 11 is 0. The summed E-state index contributed by atoms with van der Waals surface area (Å²) in [5.74, 6) is -0.535. The van der Waals surface area contributed by atoms with Gasteiger partial charge in [0.2, 0.25) is 11.8 Å². The number of piperazine rings is 1. The van der Waals surface area contributed by atoms with Crippen LogP contribution in [0, 0.1) is 0 Å². The zero-order valence-corrected chi connectivity index (χ0v) is 9.03. The summed E-state index contributed by atoms with van der Waals surface area (Å²) in [7, 11) is 0. The van der Waals surface area contributed by atoms with Gasteiger partial charge in [-0.25, -0.2) is 8.78 Å². The van der Waals surface area contributed by atoms with Crippen LogP contribution in [0.25, 0.3) is 0 Å². The Morgan fingerprint density at radius 1 is 1.38 bits per heavy atom. The van der Waals surface area contributed by atoms with Crippen molar-refractivity contribution in [1.82, 2.24) is 9.80 Å². The molecule has 2 amide bonds. The lowest BCUT2D eigenvalue weighted by Crippen LogP contribution is -2.62. The molecule has 2 aliphatic rings. The molecular weight excluding hydrogens is 218 g/mol. The number of amides is 2. The van der Waals surface area contributed by atoms with Gasteiger partial charge in [0.25, 0.3) is 6.43 Å². The fraction of sp³-hybridized carbons (Fsp3) is 0.800. The summed E-state index contributed by atoms with van der Waals surface area (Å²) in [5, 5.41) is 0. The van der Waals surface area contributed by atoms with Gasteiger partial charge in [-0.2, -0.15) is 0 Å². The van der Waals surface area contributed by atoms with Crippen LogP contribution in [0.15, 0.2) is 0 Å². The molecule has 2 saturated heterocycles. The summed E-state index contributed by atoms with van der Waals surface area (Å²) in [6, 6.07) is -1.25. The van der Waals surface area contributed by atoms with E-state index in [2.05, 4.69) is 0 Å². The van der Waals surface area contributed by atoms with Crippen molar-refractivity contribution in [3.63, 3.8) is 0 Å². The monoisotopic (exact) mass is 232 g/mol. The summed E-state index contributed by atoms with van der Waals surface area (Å²) in [6.07, 6.45) is -1.22. The van der Waals surface area contributed by atoms with Crippen LogP contribution in [0.3, 0.4) is 0 Å². The van der Waals surface area contributed by atoms with E-state index in [1.54, 1.807) is 0 Å². The largest absolute Gasteiger partial charge is 0.329 e. The van der Waals surface area contributed by atoms with Gasteiger partial charge in [-0.1, -0.05) is 0 Å². The highest BCUT2D eigenvalue weighted by Gasteiger charge is 2.46. The van der Waals surface area contributed by atoms with Crippen LogP contribution >= 0.6 is 0 Å². The molecule has 2 rings (SSSR count). The van der Waals surface area contributed by atoms with Crippen molar-refractivity contribution < 1.29 is 18.4 Å². The van der Waals surface area contributed by atoms with Crippen molar-refractivity contribution in [2.75, 3.05) is 13.1 Å². The molecule has 2 atom stereocenters. The quantitative estimate of drug-likeness (QED) is 0.694. The standard InChI is InChI=1S/C10H14F2N2O2/c1-6-9(15)13-4-2-3-7(13)10(16)14(6)5-8(11)12/h6-8H,2-5H2,1H3. The van der Waals surface area contributed by atoms with E-state index in [1.807, 2.05) is 0 Å². The Kier molecular flexibility index (Phi) is 2.82. The molecule has 0 bridgehead atoms. The molecule has 2 fully saturated rings. The Balaban J connectivity index is 2.20.